The number of hydrogen-bond acceptors (Lipinski definition) is 7. The number of fused-ring (bicyclic) bond motifs is 1. The fourth-order valence-electron chi connectivity index (χ4n) is 3.87. The Morgan fingerprint density at radius 2 is 1.77 bits per heavy atom. The van der Waals surface area contributed by atoms with Crippen molar-refractivity contribution in [2.45, 2.75) is 26.9 Å². The van der Waals surface area contributed by atoms with Crippen LogP contribution in [0.2, 0.25) is 0 Å². The third-order valence-electron chi connectivity index (χ3n) is 5.83. The molecule has 0 atom stereocenters. The van der Waals surface area contributed by atoms with Gasteiger partial charge in [0, 0.05) is 30.4 Å². The average molecular weight is 470 g/mol. The molecule has 35 heavy (non-hydrogen) atoms. The molecule has 1 amide bonds. The number of benzene rings is 1. The van der Waals surface area contributed by atoms with Gasteiger partial charge in [-0.05, 0) is 67.4 Å². The molecule has 1 aromatic carbocycles. The number of aryl methyl sites for hydroxylation is 2. The van der Waals surface area contributed by atoms with Gasteiger partial charge in [-0.3, -0.25) is 14.8 Å². The summed E-state index contributed by atoms with van der Waals surface area (Å²) in [5.41, 5.74) is 5.17. The van der Waals surface area contributed by atoms with E-state index < -0.39 is 5.97 Å². The smallest absolute Gasteiger partial charge is 0.339 e. The lowest BCUT2D eigenvalue weighted by Gasteiger charge is -2.23. The first-order valence-corrected chi connectivity index (χ1v) is 11.2. The number of aromatic nitrogens is 3. The number of hydrogen-bond donors (Lipinski definition) is 1. The Bertz CT molecular complexity index is 1390. The zero-order valence-corrected chi connectivity index (χ0v) is 20.2. The number of carbonyl (C=O) groups is 2. The summed E-state index contributed by atoms with van der Waals surface area (Å²) in [6.45, 7) is 4.52. The Balaban J connectivity index is 1.67. The van der Waals surface area contributed by atoms with Gasteiger partial charge in [0.2, 0.25) is 0 Å². The molecule has 178 valence electrons. The van der Waals surface area contributed by atoms with E-state index >= 15 is 0 Å². The molecule has 0 unspecified atom stereocenters. The van der Waals surface area contributed by atoms with E-state index in [4.69, 9.17) is 4.74 Å². The van der Waals surface area contributed by atoms with E-state index in [1.54, 1.807) is 29.3 Å². The molecule has 0 fully saturated rings. The van der Waals surface area contributed by atoms with Crippen LogP contribution in [0.1, 0.15) is 43.2 Å². The third-order valence-corrected chi connectivity index (χ3v) is 5.83. The zero-order valence-electron chi connectivity index (χ0n) is 20.2. The molecule has 4 rings (SSSR count). The van der Waals surface area contributed by atoms with E-state index in [1.165, 1.54) is 13.3 Å². The summed E-state index contributed by atoms with van der Waals surface area (Å²) >= 11 is 0. The van der Waals surface area contributed by atoms with Crippen molar-refractivity contribution in [2.24, 2.45) is 0 Å². The van der Waals surface area contributed by atoms with Gasteiger partial charge in [-0.15, -0.1) is 0 Å². The van der Waals surface area contributed by atoms with Crippen LogP contribution in [-0.2, 0) is 17.8 Å². The van der Waals surface area contributed by atoms with Crippen LogP contribution in [0.4, 0.5) is 5.82 Å². The van der Waals surface area contributed by atoms with Gasteiger partial charge in [0.1, 0.15) is 5.82 Å². The molecule has 3 heterocycles. The number of anilines is 1. The first kappa shape index (κ1) is 23.8. The number of pyridine rings is 3. The van der Waals surface area contributed by atoms with Gasteiger partial charge in [0.25, 0.3) is 5.91 Å². The maximum absolute atomic E-state index is 13.7. The van der Waals surface area contributed by atoms with Crippen LogP contribution < -0.4 is 5.32 Å². The third kappa shape index (κ3) is 5.27. The standard InChI is InChI=1S/C27H27N5O3/c1-17-6-5-11-29-24(17)16-32(15-22-9-7-20(14-30-22)27(34)35-4)26(33)19-8-10-23-21(13-19)12-18(2)25(28-3)31-23/h5-14H,15-16H2,1-4H3,(H,28,31). The lowest BCUT2D eigenvalue weighted by atomic mass is 10.1. The number of esters is 1. The van der Waals surface area contributed by atoms with Gasteiger partial charge in [0.15, 0.2) is 0 Å². The van der Waals surface area contributed by atoms with Gasteiger partial charge in [0.05, 0.1) is 42.7 Å². The van der Waals surface area contributed by atoms with E-state index in [0.717, 1.165) is 33.5 Å². The molecule has 0 aliphatic rings. The van der Waals surface area contributed by atoms with E-state index in [0.29, 0.717) is 23.4 Å². The second kappa shape index (κ2) is 10.3. The highest BCUT2D eigenvalue weighted by Gasteiger charge is 2.20. The molecule has 0 aliphatic heterocycles. The fraction of sp³-hybridized carbons (Fsp3) is 0.222. The number of carbonyl (C=O) groups excluding carboxylic acids is 2. The number of amides is 1. The summed E-state index contributed by atoms with van der Waals surface area (Å²) in [4.78, 5) is 40.6. The number of rotatable bonds is 7. The number of nitrogens with one attached hydrogen (secondary N) is 1. The minimum absolute atomic E-state index is 0.147. The van der Waals surface area contributed by atoms with Crippen LogP contribution in [-0.4, -0.2) is 45.9 Å². The SMILES string of the molecule is CNc1nc2ccc(C(=O)N(Cc3ccc(C(=O)OC)cn3)Cc3ncccc3C)cc2cc1C. The fourth-order valence-corrected chi connectivity index (χ4v) is 3.87. The monoisotopic (exact) mass is 469 g/mol. The molecule has 8 nitrogen and oxygen atoms in total. The van der Waals surface area contributed by atoms with E-state index in [2.05, 4.69) is 20.3 Å². The van der Waals surface area contributed by atoms with E-state index in [-0.39, 0.29) is 12.5 Å². The molecule has 0 saturated carbocycles. The molecular weight excluding hydrogens is 442 g/mol. The Morgan fingerprint density at radius 1 is 0.971 bits per heavy atom. The highest BCUT2D eigenvalue weighted by atomic mass is 16.5. The second-order valence-electron chi connectivity index (χ2n) is 8.27. The van der Waals surface area contributed by atoms with Crippen LogP contribution in [0, 0.1) is 13.8 Å². The Labute approximate surface area is 204 Å². The first-order valence-electron chi connectivity index (χ1n) is 11.2. The van der Waals surface area contributed by atoms with Crippen LogP contribution in [0.25, 0.3) is 10.9 Å². The molecule has 0 aliphatic carbocycles. The highest BCUT2D eigenvalue weighted by Crippen LogP contribution is 2.22. The summed E-state index contributed by atoms with van der Waals surface area (Å²) in [6, 6.07) is 14.7. The summed E-state index contributed by atoms with van der Waals surface area (Å²) in [6.07, 6.45) is 3.18. The van der Waals surface area contributed by atoms with Crippen molar-refractivity contribution in [1.29, 1.82) is 0 Å². The minimum atomic E-state index is -0.456. The van der Waals surface area contributed by atoms with Crippen molar-refractivity contribution < 1.29 is 14.3 Å². The Hall–Kier alpha value is -4.33. The summed E-state index contributed by atoms with van der Waals surface area (Å²) in [5.74, 6) is 0.207. The topological polar surface area (TPSA) is 97.3 Å². The number of methoxy groups -OCH3 is 1. The van der Waals surface area contributed by atoms with Crippen molar-refractivity contribution in [3.63, 3.8) is 0 Å². The van der Waals surface area contributed by atoms with E-state index in [9.17, 15) is 9.59 Å². The van der Waals surface area contributed by atoms with Crippen molar-refractivity contribution in [3.8, 4) is 0 Å². The largest absolute Gasteiger partial charge is 0.465 e. The van der Waals surface area contributed by atoms with Gasteiger partial charge in [-0.25, -0.2) is 9.78 Å². The van der Waals surface area contributed by atoms with Gasteiger partial charge in [-0.2, -0.15) is 0 Å². The Morgan fingerprint density at radius 3 is 2.46 bits per heavy atom. The normalized spacial score (nSPS) is 10.7. The van der Waals surface area contributed by atoms with Crippen LogP contribution in [0.5, 0.6) is 0 Å². The molecule has 0 saturated heterocycles. The Kier molecular flexibility index (Phi) is 7.01. The number of nitrogens with zero attached hydrogens (tertiary/aromatic N) is 4. The van der Waals surface area contributed by atoms with Gasteiger partial charge >= 0.3 is 5.97 Å². The molecule has 0 radical (unpaired) electrons. The van der Waals surface area contributed by atoms with Crippen molar-refractivity contribution in [2.75, 3.05) is 19.5 Å². The summed E-state index contributed by atoms with van der Waals surface area (Å²) < 4.78 is 4.74. The van der Waals surface area contributed by atoms with Crippen LogP contribution in [0.15, 0.2) is 60.9 Å². The maximum atomic E-state index is 13.7. The van der Waals surface area contributed by atoms with Crippen molar-refractivity contribution in [3.05, 3.63) is 94.6 Å². The van der Waals surface area contributed by atoms with Crippen molar-refractivity contribution in [1.82, 2.24) is 19.9 Å². The molecule has 0 spiro atoms. The molecule has 4 aromatic rings. The molecule has 1 N–H and O–H groups in total. The lowest BCUT2D eigenvalue weighted by molar-refractivity contribution is 0.0599. The predicted octanol–water partition coefficient (Wildman–Crippen LogP) is 4.31. The lowest BCUT2D eigenvalue weighted by Crippen LogP contribution is -2.31. The zero-order chi connectivity index (χ0) is 24.9. The van der Waals surface area contributed by atoms with Gasteiger partial charge in [-0.1, -0.05) is 6.07 Å². The second-order valence-corrected chi connectivity index (χ2v) is 8.27. The number of ether oxygens (including phenoxy) is 1. The molecular formula is C27H27N5O3. The minimum Gasteiger partial charge on any atom is -0.465 e. The first-order chi connectivity index (χ1) is 16.9. The van der Waals surface area contributed by atoms with Crippen LogP contribution >= 0.6 is 0 Å². The average Bonchev–Trinajstić information content (AvgIpc) is 2.88. The quantitative estimate of drug-likeness (QED) is 0.403. The molecule has 0 bridgehead atoms. The summed E-state index contributed by atoms with van der Waals surface area (Å²) in [7, 11) is 3.16. The highest BCUT2D eigenvalue weighted by molar-refractivity contribution is 5.98. The van der Waals surface area contributed by atoms with Crippen molar-refractivity contribution >= 4 is 28.6 Å². The molecule has 3 aromatic heterocycles. The van der Waals surface area contributed by atoms with Gasteiger partial charge < -0.3 is 15.0 Å². The predicted molar refractivity (Wildman–Crippen MR) is 134 cm³/mol. The van der Waals surface area contributed by atoms with Crippen LogP contribution in [0.3, 0.4) is 0 Å². The maximum Gasteiger partial charge on any atom is 0.339 e. The molecule has 8 heteroatoms. The summed E-state index contributed by atoms with van der Waals surface area (Å²) in [5, 5.41) is 3.98. The van der Waals surface area contributed by atoms with E-state index in [1.807, 2.05) is 51.2 Å².